The van der Waals surface area contributed by atoms with Gasteiger partial charge in [0.1, 0.15) is 5.41 Å². The van der Waals surface area contributed by atoms with E-state index in [0.717, 1.165) is 0 Å². The molecule has 0 radical (unpaired) electrons. The van der Waals surface area contributed by atoms with E-state index in [2.05, 4.69) is 0 Å². The normalized spacial score (nSPS) is 18.6. The molecule has 0 aromatic rings. The lowest BCUT2D eigenvalue weighted by Gasteiger charge is -2.33. The van der Waals surface area contributed by atoms with Gasteiger partial charge < -0.3 is 4.74 Å². The molecule has 0 aromatic carbocycles. The van der Waals surface area contributed by atoms with E-state index < -0.39 is 23.5 Å². The molecule has 1 aliphatic rings. The van der Waals surface area contributed by atoms with Gasteiger partial charge in [-0.05, 0) is 46.7 Å². The molecule has 4 nitrogen and oxygen atoms in total. The number of halogens is 3. The average molecular weight is 309 g/mol. The van der Waals surface area contributed by atoms with Gasteiger partial charge in [-0.1, -0.05) is 0 Å². The van der Waals surface area contributed by atoms with Gasteiger partial charge in [0.05, 0.1) is 19.1 Å². The summed E-state index contributed by atoms with van der Waals surface area (Å²) in [7, 11) is 0. The van der Waals surface area contributed by atoms with Crippen LogP contribution < -0.4 is 0 Å². The van der Waals surface area contributed by atoms with Crippen molar-refractivity contribution in [3.63, 3.8) is 0 Å². The number of ether oxygens (including phenoxy) is 1. The van der Waals surface area contributed by atoms with Crippen LogP contribution in [0.4, 0.5) is 13.2 Å². The third-order valence-electron chi connectivity index (χ3n) is 3.90. The van der Waals surface area contributed by atoms with E-state index in [-0.39, 0.29) is 44.9 Å². The van der Waals surface area contributed by atoms with E-state index >= 15 is 0 Å². The summed E-state index contributed by atoms with van der Waals surface area (Å²) in [6.45, 7) is 5.22. The second-order valence-electron chi connectivity index (χ2n) is 5.86. The topological polar surface area (TPSA) is 46.6 Å². The Bertz CT molecular complexity index is 385. The number of nitrogens with zero attached hydrogens (tertiary/aromatic N) is 1. The summed E-state index contributed by atoms with van der Waals surface area (Å²) < 4.78 is 42.5. The van der Waals surface area contributed by atoms with Crippen molar-refractivity contribution in [3.05, 3.63) is 0 Å². The van der Waals surface area contributed by atoms with Crippen molar-refractivity contribution in [1.29, 1.82) is 0 Å². The van der Waals surface area contributed by atoms with Crippen molar-refractivity contribution in [2.45, 2.75) is 39.8 Å². The first kappa shape index (κ1) is 17.9. The molecule has 0 atom stereocenters. The van der Waals surface area contributed by atoms with Crippen molar-refractivity contribution < 1.29 is 27.5 Å². The second-order valence-corrected chi connectivity index (χ2v) is 5.86. The van der Waals surface area contributed by atoms with Gasteiger partial charge in [-0.25, -0.2) is 0 Å². The summed E-state index contributed by atoms with van der Waals surface area (Å²) in [6, 6.07) is 0. The third kappa shape index (κ3) is 4.69. The summed E-state index contributed by atoms with van der Waals surface area (Å²) in [5.41, 5.74) is -1.27. The largest absolute Gasteiger partial charge is 0.465 e. The lowest BCUT2D eigenvalue weighted by Crippen LogP contribution is -2.46. The number of piperidine rings is 1. The van der Waals surface area contributed by atoms with Crippen LogP contribution in [0.3, 0.4) is 0 Å². The van der Waals surface area contributed by atoms with Gasteiger partial charge in [0.25, 0.3) is 0 Å². The van der Waals surface area contributed by atoms with Crippen LogP contribution in [0.1, 0.15) is 33.6 Å². The van der Waals surface area contributed by atoms with E-state index in [0.29, 0.717) is 0 Å². The molecule has 0 unspecified atom stereocenters. The van der Waals surface area contributed by atoms with Gasteiger partial charge in [0.15, 0.2) is 5.78 Å². The molecule has 21 heavy (non-hydrogen) atoms. The number of likely N-dealkylation sites (tertiary alicyclic amines) is 1. The molecule has 0 aliphatic carbocycles. The molecule has 122 valence electrons. The van der Waals surface area contributed by atoms with Crippen LogP contribution >= 0.6 is 0 Å². The number of esters is 1. The molecular formula is C14H22F3NO3. The third-order valence-corrected chi connectivity index (χ3v) is 3.90. The van der Waals surface area contributed by atoms with Crippen LogP contribution in [0.2, 0.25) is 0 Å². The maximum Gasteiger partial charge on any atom is 0.391 e. The molecule has 0 N–H and O–H groups in total. The fourth-order valence-corrected chi connectivity index (χ4v) is 2.24. The molecule has 0 saturated carbocycles. The fourth-order valence-electron chi connectivity index (χ4n) is 2.24. The molecule has 0 amide bonds. The van der Waals surface area contributed by atoms with Crippen molar-refractivity contribution in [1.82, 2.24) is 4.90 Å². The number of Topliss-reactive ketones (excluding diaryl/α,β-unsaturated/α-hetero) is 1. The quantitative estimate of drug-likeness (QED) is 0.578. The molecular weight excluding hydrogens is 287 g/mol. The van der Waals surface area contributed by atoms with E-state index in [4.69, 9.17) is 4.74 Å². The Morgan fingerprint density at radius 1 is 1.19 bits per heavy atom. The van der Waals surface area contributed by atoms with Crippen molar-refractivity contribution in [3.8, 4) is 0 Å². The molecule has 0 bridgehead atoms. The molecule has 1 saturated heterocycles. The van der Waals surface area contributed by atoms with Crippen LogP contribution in [0.5, 0.6) is 0 Å². The number of carbonyl (C=O) groups is 2. The molecule has 1 heterocycles. The minimum absolute atomic E-state index is 0.00336. The monoisotopic (exact) mass is 309 g/mol. The first-order valence-electron chi connectivity index (χ1n) is 7.08. The highest BCUT2D eigenvalue weighted by Gasteiger charge is 2.42. The number of ketones is 1. The Morgan fingerprint density at radius 2 is 1.71 bits per heavy atom. The minimum Gasteiger partial charge on any atom is -0.465 e. The number of rotatable bonds is 5. The van der Waals surface area contributed by atoms with Crippen LogP contribution in [-0.2, 0) is 14.3 Å². The van der Waals surface area contributed by atoms with Crippen LogP contribution in [0.15, 0.2) is 0 Å². The predicted molar refractivity (Wildman–Crippen MR) is 70.6 cm³/mol. The summed E-state index contributed by atoms with van der Waals surface area (Å²) in [6.07, 6.45) is -4.17. The zero-order valence-electron chi connectivity index (χ0n) is 12.6. The summed E-state index contributed by atoms with van der Waals surface area (Å²) in [5, 5.41) is 0. The Hall–Kier alpha value is -1.11. The first-order valence-corrected chi connectivity index (χ1v) is 7.08. The fraction of sp³-hybridized carbons (Fsp3) is 0.857. The number of carbonyl (C=O) groups excluding carboxylic acids is 2. The van der Waals surface area contributed by atoms with E-state index in [1.807, 2.05) is 0 Å². The zero-order chi connectivity index (χ0) is 16.3. The van der Waals surface area contributed by atoms with Crippen LogP contribution in [0.25, 0.3) is 0 Å². The Labute approximate surface area is 122 Å². The molecule has 0 spiro atoms. The van der Waals surface area contributed by atoms with Gasteiger partial charge in [-0.2, -0.15) is 13.2 Å². The predicted octanol–water partition coefficient (Wildman–Crippen LogP) is 2.42. The summed E-state index contributed by atoms with van der Waals surface area (Å²) in [5.74, 6) is -2.21. The summed E-state index contributed by atoms with van der Waals surface area (Å²) >= 11 is 0. The van der Waals surface area contributed by atoms with Crippen molar-refractivity contribution in [2.24, 2.45) is 11.3 Å². The van der Waals surface area contributed by atoms with Gasteiger partial charge in [0.2, 0.25) is 0 Å². The molecule has 0 aromatic heterocycles. The SMILES string of the molecule is CCOC(=O)C(C)(C)C(=O)CN1CCC(C(F)(F)F)CC1. The standard InChI is InChI=1S/C14H22F3NO3/c1-4-21-12(20)13(2,3)11(19)9-18-7-5-10(6-8-18)14(15,16)17/h10H,4-9H2,1-3H3. The lowest BCUT2D eigenvalue weighted by atomic mass is 9.87. The van der Waals surface area contributed by atoms with Gasteiger partial charge >= 0.3 is 12.1 Å². The maximum absolute atomic E-state index is 12.6. The first-order chi connectivity index (χ1) is 9.59. The van der Waals surface area contributed by atoms with Crippen LogP contribution in [-0.4, -0.2) is 49.1 Å². The zero-order valence-corrected chi connectivity index (χ0v) is 12.6. The number of alkyl halides is 3. The van der Waals surface area contributed by atoms with Gasteiger partial charge in [0, 0.05) is 0 Å². The van der Waals surface area contributed by atoms with E-state index in [1.165, 1.54) is 13.8 Å². The van der Waals surface area contributed by atoms with E-state index in [9.17, 15) is 22.8 Å². The van der Waals surface area contributed by atoms with E-state index in [1.54, 1.807) is 11.8 Å². The van der Waals surface area contributed by atoms with Gasteiger partial charge in [-0.15, -0.1) is 0 Å². The average Bonchev–Trinajstić information content (AvgIpc) is 2.38. The van der Waals surface area contributed by atoms with Gasteiger partial charge in [-0.3, -0.25) is 14.5 Å². The maximum atomic E-state index is 12.6. The highest BCUT2D eigenvalue weighted by atomic mass is 19.4. The Kier molecular flexibility index (Phi) is 5.78. The molecule has 1 rings (SSSR count). The highest BCUT2D eigenvalue weighted by Crippen LogP contribution is 2.34. The highest BCUT2D eigenvalue weighted by molar-refractivity contribution is 6.03. The summed E-state index contributed by atoms with van der Waals surface area (Å²) in [4.78, 5) is 25.6. The minimum atomic E-state index is -4.17. The Morgan fingerprint density at radius 3 is 2.14 bits per heavy atom. The molecule has 7 heteroatoms. The van der Waals surface area contributed by atoms with Crippen LogP contribution in [0, 0.1) is 11.3 Å². The number of hydrogen-bond acceptors (Lipinski definition) is 4. The molecule has 1 fully saturated rings. The van der Waals surface area contributed by atoms with Crippen molar-refractivity contribution in [2.75, 3.05) is 26.2 Å². The smallest absolute Gasteiger partial charge is 0.391 e. The second kappa shape index (κ2) is 6.77. The Balaban J connectivity index is 2.52. The molecule has 1 aliphatic heterocycles. The lowest BCUT2D eigenvalue weighted by molar-refractivity contribution is -0.185. The number of hydrogen-bond donors (Lipinski definition) is 0. The van der Waals surface area contributed by atoms with Crippen molar-refractivity contribution >= 4 is 11.8 Å².